The highest BCUT2D eigenvalue weighted by molar-refractivity contribution is 6.05. The number of carbonyl (C=O) groups is 1. The molecule has 0 radical (unpaired) electrons. The molecule has 3 aromatic rings. The molecular weight excluding hydrogens is 454 g/mol. The van der Waals surface area contributed by atoms with Crippen molar-refractivity contribution in [3.63, 3.8) is 0 Å². The molecule has 2 atom stereocenters. The minimum absolute atomic E-state index is 0.0628. The number of benzene rings is 1. The fourth-order valence-corrected chi connectivity index (χ4v) is 6.18. The number of pyridine rings is 1. The molecule has 9 nitrogen and oxygen atoms in total. The van der Waals surface area contributed by atoms with Crippen LogP contribution in [0.25, 0.3) is 11.4 Å². The highest BCUT2D eigenvalue weighted by Gasteiger charge is 2.48. The third-order valence-corrected chi connectivity index (χ3v) is 8.03. The topological polar surface area (TPSA) is 97.2 Å². The van der Waals surface area contributed by atoms with Crippen molar-refractivity contribution in [3.8, 4) is 11.4 Å². The summed E-state index contributed by atoms with van der Waals surface area (Å²) in [5.41, 5.74) is 5.81. The van der Waals surface area contributed by atoms with Gasteiger partial charge in [0.1, 0.15) is 11.6 Å². The number of fused-ring (bicyclic) bond motifs is 4. The van der Waals surface area contributed by atoms with Gasteiger partial charge in [-0.3, -0.25) is 4.79 Å². The van der Waals surface area contributed by atoms with Crippen molar-refractivity contribution in [1.29, 1.82) is 0 Å². The molecule has 7 rings (SSSR count). The molecule has 0 spiro atoms. The first-order chi connectivity index (χ1) is 17.6. The van der Waals surface area contributed by atoms with Crippen molar-refractivity contribution in [3.05, 3.63) is 52.5 Å². The Morgan fingerprint density at radius 3 is 2.86 bits per heavy atom. The second kappa shape index (κ2) is 8.38. The maximum Gasteiger partial charge on any atom is 0.254 e. The zero-order valence-corrected chi connectivity index (χ0v) is 20.8. The number of ether oxygens (including phenoxy) is 1. The number of anilines is 2. The number of amides is 1. The normalized spacial score (nSPS) is 22.4. The Hall–Kier alpha value is -3.30. The molecule has 1 saturated carbocycles. The van der Waals surface area contributed by atoms with Crippen molar-refractivity contribution in [1.82, 2.24) is 30.0 Å². The minimum Gasteiger partial charge on any atom is -0.381 e. The van der Waals surface area contributed by atoms with Crippen LogP contribution in [0.1, 0.15) is 64.2 Å². The van der Waals surface area contributed by atoms with Crippen molar-refractivity contribution in [2.45, 2.75) is 50.7 Å². The predicted molar refractivity (Wildman–Crippen MR) is 135 cm³/mol. The molecule has 1 amide bonds. The fourth-order valence-electron chi connectivity index (χ4n) is 6.18. The van der Waals surface area contributed by atoms with Gasteiger partial charge >= 0.3 is 0 Å². The lowest BCUT2D eigenvalue weighted by Crippen LogP contribution is -2.19. The van der Waals surface area contributed by atoms with E-state index in [1.165, 1.54) is 12.0 Å². The number of hydrogen-bond acceptors (Lipinski definition) is 7. The van der Waals surface area contributed by atoms with E-state index in [-0.39, 0.29) is 5.91 Å². The molecule has 0 bridgehead atoms. The molecule has 4 aliphatic rings. The highest BCUT2D eigenvalue weighted by atomic mass is 16.5. The van der Waals surface area contributed by atoms with E-state index in [1.54, 1.807) is 0 Å². The third-order valence-electron chi connectivity index (χ3n) is 8.03. The van der Waals surface area contributed by atoms with Gasteiger partial charge in [0.2, 0.25) is 0 Å². The van der Waals surface area contributed by atoms with Gasteiger partial charge in [0.25, 0.3) is 5.91 Å². The maximum atomic E-state index is 12.9. The SMILES string of the molecule is CN(C)Cc1nc(Nc2ccc(-c3nnc4n3C3CC3C4)c3c2C(=O)NC3)ccc1C1CCOCC1. The molecule has 1 aliphatic carbocycles. The Kier molecular flexibility index (Phi) is 5.11. The molecular formula is C27H31N7O2. The molecule has 186 valence electrons. The van der Waals surface area contributed by atoms with Gasteiger partial charge < -0.3 is 24.8 Å². The van der Waals surface area contributed by atoms with Gasteiger partial charge in [-0.25, -0.2) is 4.98 Å². The quantitative estimate of drug-likeness (QED) is 0.552. The smallest absolute Gasteiger partial charge is 0.254 e. The lowest BCUT2D eigenvalue weighted by Gasteiger charge is -2.25. The average molecular weight is 486 g/mol. The molecule has 2 unspecified atom stereocenters. The number of nitrogens with zero attached hydrogens (tertiary/aromatic N) is 5. The van der Waals surface area contributed by atoms with E-state index in [4.69, 9.17) is 9.72 Å². The number of hydrogen-bond donors (Lipinski definition) is 2. The van der Waals surface area contributed by atoms with E-state index in [2.05, 4.69) is 56.5 Å². The molecule has 9 heteroatoms. The van der Waals surface area contributed by atoms with Gasteiger partial charge in [-0.05, 0) is 74.5 Å². The second-order valence-electron chi connectivity index (χ2n) is 10.8. The summed E-state index contributed by atoms with van der Waals surface area (Å²) in [5.74, 6) is 3.84. The number of nitrogens with one attached hydrogen (secondary N) is 2. The van der Waals surface area contributed by atoms with Crippen LogP contribution in [0.4, 0.5) is 11.5 Å². The Bertz CT molecular complexity index is 1360. The van der Waals surface area contributed by atoms with E-state index >= 15 is 0 Å². The Labute approximate surface area is 210 Å². The van der Waals surface area contributed by atoms with Crippen LogP contribution in [-0.4, -0.2) is 57.9 Å². The molecule has 2 fully saturated rings. The van der Waals surface area contributed by atoms with Crippen LogP contribution in [0.3, 0.4) is 0 Å². The van der Waals surface area contributed by atoms with Gasteiger partial charge in [-0.15, -0.1) is 10.2 Å². The zero-order valence-electron chi connectivity index (χ0n) is 20.8. The minimum atomic E-state index is -0.0628. The molecule has 1 saturated heterocycles. The third kappa shape index (κ3) is 3.60. The lowest BCUT2D eigenvalue weighted by molar-refractivity contribution is 0.0849. The summed E-state index contributed by atoms with van der Waals surface area (Å²) in [6, 6.07) is 8.82. The summed E-state index contributed by atoms with van der Waals surface area (Å²) in [5, 5.41) is 15.4. The van der Waals surface area contributed by atoms with Gasteiger partial charge in [-0.1, -0.05) is 6.07 Å². The first-order valence-corrected chi connectivity index (χ1v) is 12.9. The summed E-state index contributed by atoms with van der Waals surface area (Å²) in [4.78, 5) is 20.1. The monoisotopic (exact) mass is 485 g/mol. The fraction of sp³-hybridized carbons (Fsp3) is 0.481. The Morgan fingerprint density at radius 2 is 2.03 bits per heavy atom. The van der Waals surface area contributed by atoms with Crippen molar-refractivity contribution in [2.75, 3.05) is 32.6 Å². The van der Waals surface area contributed by atoms with E-state index in [0.29, 0.717) is 24.1 Å². The summed E-state index contributed by atoms with van der Waals surface area (Å²) < 4.78 is 7.87. The summed E-state index contributed by atoms with van der Waals surface area (Å²) in [6.07, 6.45) is 4.28. The van der Waals surface area contributed by atoms with Crippen LogP contribution in [0.15, 0.2) is 24.3 Å². The molecule has 2 aromatic heterocycles. The summed E-state index contributed by atoms with van der Waals surface area (Å²) >= 11 is 0. The van der Waals surface area contributed by atoms with E-state index in [1.807, 2.05) is 12.1 Å². The van der Waals surface area contributed by atoms with Crippen molar-refractivity contribution < 1.29 is 9.53 Å². The van der Waals surface area contributed by atoms with Crippen molar-refractivity contribution >= 4 is 17.4 Å². The van der Waals surface area contributed by atoms with Gasteiger partial charge in [0.15, 0.2) is 5.82 Å². The van der Waals surface area contributed by atoms with E-state index in [9.17, 15) is 4.79 Å². The average Bonchev–Trinajstić information content (AvgIpc) is 3.16. The van der Waals surface area contributed by atoms with Crippen LogP contribution in [0.5, 0.6) is 0 Å². The first-order valence-electron chi connectivity index (χ1n) is 12.9. The number of aromatic nitrogens is 4. The molecule has 2 N–H and O–H groups in total. The van der Waals surface area contributed by atoms with Crippen LogP contribution in [0.2, 0.25) is 0 Å². The first kappa shape index (κ1) is 21.9. The molecule has 5 heterocycles. The molecule has 36 heavy (non-hydrogen) atoms. The largest absolute Gasteiger partial charge is 0.381 e. The standard InChI is InChI=1S/C27H31N7O2/c1-33(2)14-21-17(15-7-9-36-10-8-15)4-6-23(30-21)29-20-5-3-18(19-13-28-27(35)25(19)20)26-32-31-24-12-16-11-22(16)34(24)26/h3-6,15-16,22H,7-14H2,1-2H3,(H,28,35)(H,29,30). The van der Waals surface area contributed by atoms with Crippen LogP contribution >= 0.6 is 0 Å². The van der Waals surface area contributed by atoms with E-state index < -0.39 is 0 Å². The summed E-state index contributed by atoms with van der Waals surface area (Å²) in [7, 11) is 4.13. The molecule has 1 aromatic carbocycles. The van der Waals surface area contributed by atoms with E-state index in [0.717, 1.165) is 84.9 Å². The zero-order chi connectivity index (χ0) is 24.4. The lowest BCUT2D eigenvalue weighted by atomic mass is 9.90. The number of carbonyl (C=O) groups excluding carboxylic acids is 1. The van der Waals surface area contributed by atoms with Gasteiger partial charge in [0.05, 0.1) is 16.9 Å². The van der Waals surface area contributed by atoms with Crippen LogP contribution in [0, 0.1) is 5.92 Å². The second-order valence-corrected chi connectivity index (χ2v) is 10.8. The van der Waals surface area contributed by atoms with Crippen LogP contribution in [-0.2, 0) is 24.2 Å². The van der Waals surface area contributed by atoms with Crippen molar-refractivity contribution in [2.24, 2.45) is 5.92 Å². The summed E-state index contributed by atoms with van der Waals surface area (Å²) in [6.45, 7) is 2.86. The Morgan fingerprint density at radius 1 is 1.17 bits per heavy atom. The van der Waals surface area contributed by atoms with Gasteiger partial charge in [-0.2, -0.15) is 0 Å². The van der Waals surface area contributed by atoms with Crippen LogP contribution < -0.4 is 10.6 Å². The Balaban J connectivity index is 1.23. The predicted octanol–water partition coefficient (Wildman–Crippen LogP) is 3.40. The maximum absolute atomic E-state index is 12.9. The molecule has 3 aliphatic heterocycles. The number of rotatable bonds is 6. The van der Waals surface area contributed by atoms with Gasteiger partial charge in [0, 0.05) is 44.3 Å². The highest BCUT2D eigenvalue weighted by Crippen LogP contribution is 2.53.